The minimum atomic E-state index is -1.12. The van der Waals surface area contributed by atoms with Crippen LogP contribution >= 0.6 is 11.6 Å². The van der Waals surface area contributed by atoms with E-state index in [1.165, 1.54) is 12.4 Å². The van der Waals surface area contributed by atoms with Gasteiger partial charge in [0, 0.05) is 5.56 Å². The van der Waals surface area contributed by atoms with E-state index in [1.54, 1.807) is 18.2 Å². The molecule has 1 N–H and O–H groups in total. The Balaban J connectivity index is 2.39. The van der Waals surface area contributed by atoms with Crippen molar-refractivity contribution < 1.29 is 14.6 Å². The lowest BCUT2D eigenvalue weighted by atomic mass is 10.1. The summed E-state index contributed by atoms with van der Waals surface area (Å²) in [7, 11) is 0. The van der Waals surface area contributed by atoms with E-state index in [2.05, 4.69) is 9.97 Å². The van der Waals surface area contributed by atoms with Crippen molar-refractivity contribution in [3.8, 4) is 17.0 Å². The van der Waals surface area contributed by atoms with Gasteiger partial charge in [0.15, 0.2) is 5.69 Å². The average Bonchev–Trinajstić information content (AvgIpc) is 2.41. The number of benzene rings is 1. The molecular formula is C13H11ClN2O3. The molecule has 0 saturated heterocycles. The first-order valence-corrected chi connectivity index (χ1v) is 5.97. The van der Waals surface area contributed by atoms with Crippen LogP contribution in [0, 0.1) is 0 Å². The van der Waals surface area contributed by atoms with Gasteiger partial charge in [-0.25, -0.2) is 9.78 Å². The molecule has 0 bridgehead atoms. The maximum absolute atomic E-state index is 10.8. The Kier molecular flexibility index (Phi) is 3.97. The first-order valence-electron chi connectivity index (χ1n) is 5.60. The van der Waals surface area contributed by atoms with Crippen LogP contribution in [0.5, 0.6) is 5.75 Å². The molecule has 0 atom stereocenters. The fraction of sp³-hybridized carbons (Fsp3) is 0.154. The van der Waals surface area contributed by atoms with Gasteiger partial charge in [0.2, 0.25) is 0 Å². The Morgan fingerprint density at radius 1 is 1.42 bits per heavy atom. The van der Waals surface area contributed by atoms with Gasteiger partial charge in [-0.15, -0.1) is 0 Å². The molecule has 0 spiro atoms. The molecule has 0 amide bonds. The van der Waals surface area contributed by atoms with Gasteiger partial charge in [-0.05, 0) is 25.1 Å². The summed E-state index contributed by atoms with van der Waals surface area (Å²) in [6.07, 6.45) is 2.68. The Morgan fingerprint density at radius 3 is 2.84 bits per heavy atom. The van der Waals surface area contributed by atoms with E-state index in [4.69, 9.17) is 21.4 Å². The minimum absolute atomic E-state index is 0.109. The number of hydrogen-bond donors (Lipinski definition) is 1. The Hall–Kier alpha value is -2.14. The largest absolute Gasteiger partial charge is 0.492 e. The SMILES string of the molecule is CCOc1ccc(-c2cncc(C(=O)O)n2)cc1Cl. The zero-order valence-electron chi connectivity index (χ0n) is 10.1. The van der Waals surface area contributed by atoms with E-state index < -0.39 is 5.97 Å². The molecule has 0 aliphatic rings. The molecule has 2 rings (SSSR count). The van der Waals surface area contributed by atoms with Crippen molar-refractivity contribution in [3.05, 3.63) is 41.3 Å². The molecule has 5 nitrogen and oxygen atoms in total. The number of halogens is 1. The van der Waals surface area contributed by atoms with Crippen molar-refractivity contribution in [3.63, 3.8) is 0 Å². The number of ether oxygens (including phenoxy) is 1. The topological polar surface area (TPSA) is 72.3 Å². The van der Waals surface area contributed by atoms with Crippen molar-refractivity contribution in [1.82, 2.24) is 9.97 Å². The standard InChI is InChI=1S/C13H11ClN2O3/c1-2-19-12-4-3-8(5-9(12)14)10-6-15-7-11(16-10)13(17)18/h3-7H,2H2,1H3,(H,17,18). The van der Waals surface area contributed by atoms with Crippen LogP contribution in [0.15, 0.2) is 30.6 Å². The van der Waals surface area contributed by atoms with Crippen LogP contribution in [-0.2, 0) is 0 Å². The molecule has 0 radical (unpaired) electrons. The average molecular weight is 279 g/mol. The number of carboxylic acids is 1. The lowest BCUT2D eigenvalue weighted by Crippen LogP contribution is -2.02. The quantitative estimate of drug-likeness (QED) is 0.931. The van der Waals surface area contributed by atoms with E-state index in [0.29, 0.717) is 28.6 Å². The first-order chi connectivity index (χ1) is 9.11. The lowest BCUT2D eigenvalue weighted by molar-refractivity contribution is 0.0690. The van der Waals surface area contributed by atoms with Gasteiger partial charge in [0.1, 0.15) is 5.75 Å². The Bertz CT molecular complexity index is 617. The van der Waals surface area contributed by atoms with Gasteiger partial charge in [-0.3, -0.25) is 4.98 Å². The highest BCUT2D eigenvalue weighted by Gasteiger charge is 2.09. The fourth-order valence-electron chi connectivity index (χ4n) is 1.54. The highest BCUT2D eigenvalue weighted by atomic mass is 35.5. The van der Waals surface area contributed by atoms with E-state index in [1.807, 2.05) is 6.92 Å². The summed E-state index contributed by atoms with van der Waals surface area (Å²) in [5.74, 6) is -0.540. The van der Waals surface area contributed by atoms with Gasteiger partial charge in [0.05, 0.1) is 29.7 Å². The van der Waals surface area contributed by atoms with Crippen LogP contribution < -0.4 is 4.74 Å². The van der Waals surface area contributed by atoms with Gasteiger partial charge in [-0.2, -0.15) is 0 Å². The van der Waals surface area contributed by atoms with Crippen molar-refractivity contribution in [2.75, 3.05) is 6.61 Å². The number of nitrogens with zero attached hydrogens (tertiary/aromatic N) is 2. The number of carboxylic acid groups (broad SMARTS) is 1. The van der Waals surface area contributed by atoms with Crippen LogP contribution in [0.4, 0.5) is 0 Å². The molecule has 0 fully saturated rings. The molecular weight excluding hydrogens is 268 g/mol. The summed E-state index contributed by atoms with van der Waals surface area (Å²) in [6, 6.07) is 5.14. The highest BCUT2D eigenvalue weighted by Crippen LogP contribution is 2.29. The third-order valence-corrected chi connectivity index (χ3v) is 2.68. The van der Waals surface area contributed by atoms with Gasteiger partial charge < -0.3 is 9.84 Å². The normalized spacial score (nSPS) is 10.2. The van der Waals surface area contributed by atoms with Crippen molar-refractivity contribution in [2.45, 2.75) is 6.92 Å². The van der Waals surface area contributed by atoms with Crippen molar-refractivity contribution in [2.24, 2.45) is 0 Å². The molecule has 1 heterocycles. The fourth-order valence-corrected chi connectivity index (χ4v) is 1.78. The molecule has 19 heavy (non-hydrogen) atoms. The summed E-state index contributed by atoms with van der Waals surface area (Å²) in [5, 5.41) is 9.32. The zero-order valence-corrected chi connectivity index (χ0v) is 10.9. The molecule has 6 heteroatoms. The van der Waals surface area contributed by atoms with Gasteiger partial charge >= 0.3 is 5.97 Å². The van der Waals surface area contributed by atoms with Gasteiger partial charge in [-0.1, -0.05) is 11.6 Å². The zero-order chi connectivity index (χ0) is 13.8. The summed E-state index contributed by atoms with van der Waals surface area (Å²) in [4.78, 5) is 18.7. The maximum atomic E-state index is 10.8. The molecule has 1 aromatic carbocycles. The molecule has 0 saturated carbocycles. The summed E-state index contributed by atoms with van der Waals surface area (Å²) in [6.45, 7) is 2.39. The second kappa shape index (κ2) is 5.67. The van der Waals surface area contributed by atoms with Crippen molar-refractivity contribution >= 4 is 17.6 Å². The summed E-state index contributed by atoms with van der Waals surface area (Å²) < 4.78 is 5.33. The third kappa shape index (κ3) is 3.00. The second-order valence-electron chi connectivity index (χ2n) is 3.67. The number of hydrogen-bond acceptors (Lipinski definition) is 4. The van der Waals surface area contributed by atoms with Crippen LogP contribution in [-0.4, -0.2) is 27.7 Å². The maximum Gasteiger partial charge on any atom is 0.356 e. The number of aromatic carboxylic acids is 1. The lowest BCUT2D eigenvalue weighted by Gasteiger charge is -2.07. The van der Waals surface area contributed by atoms with Crippen LogP contribution in [0.1, 0.15) is 17.4 Å². The summed E-state index contributed by atoms with van der Waals surface area (Å²) in [5.41, 5.74) is 1.02. The van der Waals surface area contributed by atoms with Crippen LogP contribution in [0.2, 0.25) is 5.02 Å². The molecule has 0 aliphatic carbocycles. The monoisotopic (exact) mass is 278 g/mol. The number of rotatable bonds is 4. The van der Waals surface area contributed by atoms with E-state index in [-0.39, 0.29) is 5.69 Å². The highest BCUT2D eigenvalue weighted by molar-refractivity contribution is 6.32. The number of aromatic nitrogens is 2. The van der Waals surface area contributed by atoms with Crippen molar-refractivity contribution in [1.29, 1.82) is 0 Å². The summed E-state index contributed by atoms with van der Waals surface area (Å²) >= 11 is 6.07. The molecule has 98 valence electrons. The second-order valence-corrected chi connectivity index (χ2v) is 4.08. The number of carbonyl (C=O) groups is 1. The molecule has 1 aromatic heterocycles. The van der Waals surface area contributed by atoms with Crippen LogP contribution in [0.3, 0.4) is 0 Å². The minimum Gasteiger partial charge on any atom is -0.492 e. The molecule has 0 unspecified atom stereocenters. The van der Waals surface area contributed by atoms with E-state index >= 15 is 0 Å². The predicted molar refractivity (Wildman–Crippen MR) is 70.6 cm³/mol. The van der Waals surface area contributed by atoms with E-state index in [9.17, 15) is 4.79 Å². The van der Waals surface area contributed by atoms with Gasteiger partial charge in [0.25, 0.3) is 0 Å². The third-order valence-electron chi connectivity index (χ3n) is 2.38. The van der Waals surface area contributed by atoms with E-state index in [0.717, 1.165) is 0 Å². The predicted octanol–water partition coefficient (Wildman–Crippen LogP) is 2.89. The first kappa shape index (κ1) is 13.3. The van der Waals surface area contributed by atoms with Crippen LogP contribution in [0.25, 0.3) is 11.3 Å². The Morgan fingerprint density at radius 2 is 2.21 bits per heavy atom. The Labute approximate surface area is 114 Å². The molecule has 2 aromatic rings. The molecule has 0 aliphatic heterocycles. The smallest absolute Gasteiger partial charge is 0.356 e.